The molecule has 0 amide bonds. The molecule has 0 atom stereocenters. The number of carboxylic acids is 1. The number of hydrogen-bond donors (Lipinski definition) is 1. The first-order chi connectivity index (χ1) is 8.16. The molecule has 92 valence electrons. The van der Waals surface area contributed by atoms with E-state index in [0.717, 1.165) is 37.9 Å². The Bertz CT molecular complexity index is 390. The summed E-state index contributed by atoms with van der Waals surface area (Å²) in [6, 6.07) is 7.85. The topological polar surface area (TPSA) is 46.5 Å². The molecule has 0 aromatic heterocycles. The van der Waals surface area contributed by atoms with Crippen LogP contribution in [0.1, 0.15) is 31.2 Å². The highest BCUT2D eigenvalue weighted by molar-refractivity contribution is 5.75. The van der Waals surface area contributed by atoms with Crippen molar-refractivity contribution < 1.29 is 14.6 Å². The van der Waals surface area contributed by atoms with Gasteiger partial charge in [-0.15, -0.1) is 0 Å². The lowest BCUT2D eigenvalue weighted by molar-refractivity contribution is -0.155. The summed E-state index contributed by atoms with van der Waals surface area (Å²) in [6.07, 6.45) is 4.29. The van der Waals surface area contributed by atoms with E-state index in [1.165, 1.54) is 5.56 Å². The summed E-state index contributed by atoms with van der Waals surface area (Å²) in [5, 5.41) is 9.22. The van der Waals surface area contributed by atoms with Gasteiger partial charge in [0.05, 0.1) is 12.5 Å². The van der Waals surface area contributed by atoms with Crippen molar-refractivity contribution in [3.8, 4) is 5.75 Å². The summed E-state index contributed by atoms with van der Waals surface area (Å²) >= 11 is 0. The molecule has 0 saturated heterocycles. The second-order valence-corrected chi connectivity index (χ2v) is 4.79. The van der Waals surface area contributed by atoms with Crippen LogP contribution in [0.25, 0.3) is 0 Å². The minimum atomic E-state index is -0.628. The molecule has 0 radical (unpaired) electrons. The number of ether oxygens (including phenoxy) is 1. The predicted octanol–water partition coefficient (Wildman–Crippen LogP) is 2.88. The summed E-state index contributed by atoms with van der Waals surface area (Å²) in [5.41, 5.74) is 0.734. The third kappa shape index (κ3) is 2.43. The molecule has 0 spiro atoms. The van der Waals surface area contributed by atoms with Gasteiger partial charge in [-0.2, -0.15) is 0 Å². The van der Waals surface area contributed by atoms with Gasteiger partial charge in [0.15, 0.2) is 0 Å². The standard InChI is InChI=1S/C14H18O3/c1-17-12-5-3-11(4-6-12)7-10-14(13(15)16)8-2-9-14/h3-6H,2,7-10H2,1H3,(H,15,16). The molecule has 1 aromatic carbocycles. The van der Waals surface area contributed by atoms with Crippen molar-refractivity contribution in [2.24, 2.45) is 5.41 Å². The maximum Gasteiger partial charge on any atom is 0.309 e. The molecule has 1 aliphatic carbocycles. The average molecular weight is 234 g/mol. The van der Waals surface area contributed by atoms with Gasteiger partial charge in [-0.05, 0) is 43.4 Å². The van der Waals surface area contributed by atoms with Crippen LogP contribution in [0.4, 0.5) is 0 Å². The number of carboxylic acid groups (broad SMARTS) is 1. The van der Waals surface area contributed by atoms with E-state index in [0.29, 0.717) is 0 Å². The van der Waals surface area contributed by atoms with Crippen molar-refractivity contribution in [1.82, 2.24) is 0 Å². The number of benzene rings is 1. The van der Waals surface area contributed by atoms with E-state index in [-0.39, 0.29) is 0 Å². The van der Waals surface area contributed by atoms with Crippen molar-refractivity contribution in [3.63, 3.8) is 0 Å². The predicted molar refractivity (Wildman–Crippen MR) is 65.2 cm³/mol. The fraction of sp³-hybridized carbons (Fsp3) is 0.500. The van der Waals surface area contributed by atoms with Gasteiger partial charge in [-0.25, -0.2) is 0 Å². The van der Waals surface area contributed by atoms with E-state index >= 15 is 0 Å². The van der Waals surface area contributed by atoms with E-state index in [1.807, 2.05) is 24.3 Å². The number of hydrogen-bond acceptors (Lipinski definition) is 2. The molecule has 1 N–H and O–H groups in total. The Morgan fingerprint density at radius 2 is 2.00 bits per heavy atom. The van der Waals surface area contributed by atoms with Gasteiger partial charge >= 0.3 is 5.97 Å². The van der Waals surface area contributed by atoms with Crippen LogP contribution >= 0.6 is 0 Å². The third-order valence-electron chi connectivity index (χ3n) is 3.82. The maximum absolute atomic E-state index is 11.2. The van der Waals surface area contributed by atoms with Crippen molar-refractivity contribution in [2.75, 3.05) is 7.11 Å². The largest absolute Gasteiger partial charge is 0.497 e. The molecule has 3 heteroatoms. The monoisotopic (exact) mass is 234 g/mol. The second kappa shape index (κ2) is 4.78. The van der Waals surface area contributed by atoms with Gasteiger partial charge in [-0.1, -0.05) is 18.6 Å². The minimum absolute atomic E-state index is 0.445. The quantitative estimate of drug-likeness (QED) is 0.852. The highest BCUT2D eigenvalue weighted by atomic mass is 16.5. The summed E-state index contributed by atoms with van der Waals surface area (Å²) < 4.78 is 5.09. The van der Waals surface area contributed by atoms with Crippen LogP contribution in [0, 0.1) is 5.41 Å². The highest BCUT2D eigenvalue weighted by Gasteiger charge is 2.43. The Kier molecular flexibility index (Phi) is 3.36. The number of rotatable bonds is 5. The van der Waals surface area contributed by atoms with Crippen LogP contribution in [0.5, 0.6) is 5.75 Å². The SMILES string of the molecule is COc1ccc(CCC2(C(=O)O)CCC2)cc1. The lowest BCUT2D eigenvalue weighted by Gasteiger charge is -2.37. The average Bonchev–Trinajstić information content (AvgIpc) is 2.28. The summed E-state index contributed by atoms with van der Waals surface area (Å²) in [6.45, 7) is 0. The maximum atomic E-state index is 11.2. The Labute approximate surface area is 101 Å². The van der Waals surface area contributed by atoms with E-state index < -0.39 is 11.4 Å². The molecule has 1 aliphatic rings. The van der Waals surface area contributed by atoms with Crippen molar-refractivity contribution in [2.45, 2.75) is 32.1 Å². The molecule has 3 nitrogen and oxygen atoms in total. The van der Waals surface area contributed by atoms with Gasteiger partial charge in [0, 0.05) is 0 Å². The first-order valence-corrected chi connectivity index (χ1v) is 6.03. The van der Waals surface area contributed by atoms with Crippen LogP contribution in [-0.2, 0) is 11.2 Å². The zero-order valence-electron chi connectivity index (χ0n) is 10.1. The molecular formula is C14H18O3. The van der Waals surface area contributed by atoms with Gasteiger partial charge in [0.2, 0.25) is 0 Å². The molecule has 0 aliphatic heterocycles. The zero-order valence-corrected chi connectivity index (χ0v) is 10.1. The molecule has 2 rings (SSSR count). The van der Waals surface area contributed by atoms with E-state index in [1.54, 1.807) is 7.11 Å². The van der Waals surface area contributed by atoms with Crippen molar-refractivity contribution >= 4 is 5.97 Å². The Morgan fingerprint density at radius 1 is 1.35 bits per heavy atom. The lowest BCUT2D eigenvalue weighted by atomic mass is 9.66. The normalized spacial score (nSPS) is 17.2. The number of carbonyl (C=O) groups is 1. The second-order valence-electron chi connectivity index (χ2n) is 4.79. The summed E-state index contributed by atoms with van der Waals surface area (Å²) in [4.78, 5) is 11.2. The molecule has 1 saturated carbocycles. The molecular weight excluding hydrogens is 216 g/mol. The lowest BCUT2D eigenvalue weighted by Crippen LogP contribution is -2.38. The fourth-order valence-electron chi connectivity index (χ4n) is 2.35. The van der Waals surface area contributed by atoms with Gasteiger partial charge in [-0.3, -0.25) is 4.79 Å². The molecule has 1 fully saturated rings. The van der Waals surface area contributed by atoms with Crippen LogP contribution < -0.4 is 4.74 Å². The fourth-order valence-corrected chi connectivity index (χ4v) is 2.35. The van der Waals surface area contributed by atoms with Gasteiger partial charge in [0.25, 0.3) is 0 Å². The van der Waals surface area contributed by atoms with Gasteiger partial charge < -0.3 is 9.84 Å². The third-order valence-corrected chi connectivity index (χ3v) is 3.82. The van der Waals surface area contributed by atoms with Crippen LogP contribution in [0.2, 0.25) is 0 Å². The number of methoxy groups -OCH3 is 1. The van der Waals surface area contributed by atoms with Crippen molar-refractivity contribution in [3.05, 3.63) is 29.8 Å². The highest BCUT2D eigenvalue weighted by Crippen LogP contribution is 2.44. The zero-order chi connectivity index (χ0) is 12.3. The first-order valence-electron chi connectivity index (χ1n) is 6.03. The Balaban J connectivity index is 1.94. The van der Waals surface area contributed by atoms with Crippen LogP contribution in [0.15, 0.2) is 24.3 Å². The summed E-state index contributed by atoms with van der Waals surface area (Å²) in [5.74, 6) is 0.211. The van der Waals surface area contributed by atoms with E-state index in [9.17, 15) is 9.90 Å². The number of aliphatic carboxylic acids is 1. The van der Waals surface area contributed by atoms with Gasteiger partial charge in [0.1, 0.15) is 5.75 Å². The van der Waals surface area contributed by atoms with Crippen LogP contribution in [0.3, 0.4) is 0 Å². The number of aryl methyl sites for hydroxylation is 1. The minimum Gasteiger partial charge on any atom is -0.497 e. The molecule has 0 unspecified atom stereocenters. The molecule has 0 heterocycles. The van der Waals surface area contributed by atoms with E-state index in [4.69, 9.17) is 4.74 Å². The van der Waals surface area contributed by atoms with Crippen molar-refractivity contribution in [1.29, 1.82) is 0 Å². The molecule has 0 bridgehead atoms. The molecule has 17 heavy (non-hydrogen) atoms. The van der Waals surface area contributed by atoms with Crippen LogP contribution in [-0.4, -0.2) is 18.2 Å². The first kappa shape index (κ1) is 12.0. The Hall–Kier alpha value is -1.51. The molecule has 1 aromatic rings. The summed E-state index contributed by atoms with van der Waals surface area (Å²) in [7, 11) is 1.64. The Morgan fingerprint density at radius 3 is 2.41 bits per heavy atom. The smallest absolute Gasteiger partial charge is 0.309 e. The van der Waals surface area contributed by atoms with E-state index in [2.05, 4.69) is 0 Å².